The zero-order chi connectivity index (χ0) is 14.0. The zero-order valence-corrected chi connectivity index (χ0v) is 11.9. The van der Waals surface area contributed by atoms with Gasteiger partial charge in [-0.25, -0.2) is 9.78 Å². The minimum Gasteiger partial charge on any atom is -0.477 e. The average Bonchev–Trinajstić information content (AvgIpc) is 2.38. The molecule has 2 heterocycles. The molecule has 1 fully saturated rings. The number of hydrogen-bond donors (Lipinski definition) is 1. The summed E-state index contributed by atoms with van der Waals surface area (Å²) in [4.78, 5) is 17.3. The van der Waals surface area contributed by atoms with Crippen LogP contribution < -0.4 is 4.90 Å². The van der Waals surface area contributed by atoms with Gasteiger partial charge in [0.25, 0.3) is 0 Å². The van der Waals surface area contributed by atoms with Crippen LogP contribution in [0.4, 0.5) is 5.82 Å². The van der Waals surface area contributed by atoms with Crippen molar-refractivity contribution in [1.82, 2.24) is 4.98 Å². The van der Waals surface area contributed by atoms with Gasteiger partial charge in [0.05, 0.1) is 0 Å². The summed E-state index contributed by atoms with van der Waals surface area (Å²) in [6.07, 6.45) is 2.28. The molecule has 0 unspecified atom stereocenters. The fourth-order valence-corrected chi connectivity index (χ4v) is 2.69. The molecule has 0 amide bonds. The lowest BCUT2D eigenvalue weighted by Gasteiger charge is -2.39. The second kappa shape index (κ2) is 5.19. The van der Waals surface area contributed by atoms with E-state index < -0.39 is 5.97 Å². The van der Waals surface area contributed by atoms with Crippen molar-refractivity contribution < 1.29 is 9.90 Å². The number of anilines is 1. The Morgan fingerprint density at radius 3 is 2.47 bits per heavy atom. The highest BCUT2D eigenvalue weighted by molar-refractivity contribution is 5.85. The van der Waals surface area contributed by atoms with E-state index >= 15 is 0 Å². The van der Waals surface area contributed by atoms with E-state index in [1.54, 1.807) is 6.07 Å². The van der Waals surface area contributed by atoms with Crippen LogP contribution in [0.3, 0.4) is 0 Å². The van der Waals surface area contributed by atoms with Gasteiger partial charge in [-0.2, -0.15) is 0 Å². The summed E-state index contributed by atoms with van der Waals surface area (Å²) in [6.45, 7) is 8.78. The maximum absolute atomic E-state index is 10.9. The van der Waals surface area contributed by atoms with Crippen LogP contribution in [0.1, 0.15) is 44.1 Å². The number of aromatic carboxylic acids is 1. The van der Waals surface area contributed by atoms with Crippen molar-refractivity contribution in [2.45, 2.75) is 33.6 Å². The highest BCUT2D eigenvalue weighted by Gasteiger charge is 2.29. The second-order valence-corrected chi connectivity index (χ2v) is 6.31. The van der Waals surface area contributed by atoms with Crippen LogP contribution in [0.25, 0.3) is 0 Å². The van der Waals surface area contributed by atoms with E-state index in [1.165, 1.54) is 6.07 Å². The van der Waals surface area contributed by atoms with E-state index in [9.17, 15) is 4.79 Å². The van der Waals surface area contributed by atoms with Gasteiger partial charge in [-0.1, -0.05) is 26.8 Å². The van der Waals surface area contributed by atoms with Crippen molar-refractivity contribution in [1.29, 1.82) is 0 Å². The van der Waals surface area contributed by atoms with Gasteiger partial charge in [0, 0.05) is 13.1 Å². The normalized spacial score (nSPS) is 17.5. The number of piperidine rings is 1. The molecule has 2 rings (SSSR count). The summed E-state index contributed by atoms with van der Waals surface area (Å²) >= 11 is 0. The number of pyridine rings is 1. The molecule has 1 aromatic rings. The Bertz CT molecular complexity index is 457. The summed E-state index contributed by atoms with van der Waals surface area (Å²) in [6, 6.07) is 5.19. The van der Waals surface area contributed by atoms with Crippen LogP contribution in [-0.2, 0) is 0 Å². The molecule has 0 radical (unpaired) electrons. The summed E-state index contributed by atoms with van der Waals surface area (Å²) in [5, 5.41) is 8.98. The fraction of sp³-hybridized carbons (Fsp3) is 0.600. The first-order valence-corrected chi connectivity index (χ1v) is 6.83. The number of aromatic nitrogens is 1. The van der Waals surface area contributed by atoms with Gasteiger partial charge >= 0.3 is 5.97 Å². The molecule has 4 nitrogen and oxygen atoms in total. The van der Waals surface area contributed by atoms with E-state index in [-0.39, 0.29) is 5.69 Å². The Morgan fingerprint density at radius 2 is 1.95 bits per heavy atom. The number of hydrogen-bond acceptors (Lipinski definition) is 3. The van der Waals surface area contributed by atoms with E-state index in [2.05, 4.69) is 30.7 Å². The van der Waals surface area contributed by atoms with Crippen molar-refractivity contribution in [2.24, 2.45) is 11.3 Å². The third-order valence-corrected chi connectivity index (χ3v) is 4.00. The topological polar surface area (TPSA) is 53.4 Å². The number of carboxylic acid groups (broad SMARTS) is 1. The Morgan fingerprint density at radius 1 is 1.32 bits per heavy atom. The molecule has 0 spiro atoms. The predicted octanol–water partition coefficient (Wildman–Crippen LogP) is 3.04. The largest absolute Gasteiger partial charge is 0.477 e. The standard InChI is InChI=1S/C15H22N2O2/c1-15(2,3)11-7-9-17(10-8-11)13-6-4-5-12(16-13)14(18)19/h4-6,11H,7-10H2,1-3H3,(H,18,19). The molecule has 0 aromatic carbocycles. The molecule has 1 aromatic heterocycles. The van der Waals surface area contributed by atoms with E-state index in [0.29, 0.717) is 5.41 Å². The number of rotatable bonds is 2. The van der Waals surface area contributed by atoms with E-state index in [4.69, 9.17) is 5.11 Å². The van der Waals surface area contributed by atoms with Gasteiger partial charge in [-0.15, -0.1) is 0 Å². The van der Waals surface area contributed by atoms with Crippen LogP contribution in [0.5, 0.6) is 0 Å². The highest BCUT2D eigenvalue weighted by Crippen LogP contribution is 2.35. The van der Waals surface area contributed by atoms with Crippen molar-refractivity contribution in [3.8, 4) is 0 Å². The van der Waals surface area contributed by atoms with Gasteiger partial charge in [-0.3, -0.25) is 0 Å². The quantitative estimate of drug-likeness (QED) is 0.890. The Labute approximate surface area is 114 Å². The third kappa shape index (κ3) is 3.25. The highest BCUT2D eigenvalue weighted by atomic mass is 16.4. The van der Waals surface area contributed by atoms with Crippen molar-refractivity contribution in [3.05, 3.63) is 23.9 Å². The molecule has 19 heavy (non-hydrogen) atoms. The summed E-state index contributed by atoms with van der Waals surface area (Å²) in [5.41, 5.74) is 0.470. The number of nitrogens with zero attached hydrogens (tertiary/aromatic N) is 2. The molecular formula is C15H22N2O2. The molecule has 0 aliphatic carbocycles. The monoisotopic (exact) mass is 262 g/mol. The van der Waals surface area contributed by atoms with Gasteiger partial charge < -0.3 is 10.0 Å². The van der Waals surface area contributed by atoms with Crippen molar-refractivity contribution in [2.75, 3.05) is 18.0 Å². The number of carboxylic acids is 1. The minimum atomic E-state index is -0.966. The van der Waals surface area contributed by atoms with Crippen LogP contribution in [-0.4, -0.2) is 29.1 Å². The summed E-state index contributed by atoms with van der Waals surface area (Å²) in [5.74, 6) is 0.546. The Balaban J connectivity index is 2.05. The summed E-state index contributed by atoms with van der Waals surface area (Å²) in [7, 11) is 0. The molecule has 1 N–H and O–H groups in total. The fourth-order valence-electron chi connectivity index (χ4n) is 2.69. The molecule has 0 saturated carbocycles. The van der Waals surface area contributed by atoms with Crippen LogP contribution >= 0.6 is 0 Å². The third-order valence-electron chi connectivity index (χ3n) is 4.00. The van der Waals surface area contributed by atoms with Crippen molar-refractivity contribution >= 4 is 11.8 Å². The van der Waals surface area contributed by atoms with E-state index in [1.807, 2.05) is 6.07 Å². The molecule has 1 aliphatic heterocycles. The first-order valence-electron chi connectivity index (χ1n) is 6.83. The first kappa shape index (κ1) is 13.8. The summed E-state index contributed by atoms with van der Waals surface area (Å²) < 4.78 is 0. The van der Waals surface area contributed by atoms with Gasteiger partial charge in [0.2, 0.25) is 0 Å². The van der Waals surface area contributed by atoms with E-state index in [0.717, 1.165) is 37.7 Å². The molecule has 1 aliphatic rings. The maximum atomic E-state index is 10.9. The molecule has 0 bridgehead atoms. The SMILES string of the molecule is CC(C)(C)C1CCN(c2cccc(C(=O)O)n2)CC1. The molecule has 104 valence electrons. The lowest BCUT2D eigenvalue weighted by atomic mass is 9.75. The second-order valence-electron chi connectivity index (χ2n) is 6.31. The van der Waals surface area contributed by atoms with Crippen LogP contribution in [0.2, 0.25) is 0 Å². The molecule has 4 heteroatoms. The average molecular weight is 262 g/mol. The molecule has 1 saturated heterocycles. The number of carbonyl (C=O) groups is 1. The van der Waals surface area contributed by atoms with Crippen molar-refractivity contribution in [3.63, 3.8) is 0 Å². The Kier molecular flexibility index (Phi) is 3.78. The molecule has 0 atom stereocenters. The van der Waals surface area contributed by atoms with Gasteiger partial charge in [-0.05, 0) is 36.3 Å². The van der Waals surface area contributed by atoms with Gasteiger partial charge in [0.15, 0.2) is 5.69 Å². The smallest absolute Gasteiger partial charge is 0.354 e. The minimum absolute atomic E-state index is 0.121. The predicted molar refractivity (Wildman–Crippen MR) is 75.6 cm³/mol. The Hall–Kier alpha value is -1.58. The van der Waals surface area contributed by atoms with Crippen LogP contribution in [0, 0.1) is 11.3 Å². The lowest BCUT2D eigenvalue weighted by molar-refractivity contribution is 0.0690. The first-order chi connectivity index (χ1) is 8.88. The van der Waals surface area contributed by atoms with Gasteiger partial charge in [0.1, 0.15) is 5.82 Å². The molecular weight excluding hydrogens is 240 g/mol. The lowest BCUT2D eigenvalue weighted by Crippen LogP contribution is -2.38. The zero-order valence-electron chi connectivity index (χ0n) is 11.9. The van der Waals surface area contributed by atoms with Crippen LogP contribution in [0.15, 0.2) is 18.2 Å². The maximum Gasteiger partial charge on any atom is 0.354 e.